The van der Waals surface area contributed by atoms with E-state index in [4.69, 9.17) is 31.5 Å². The second-order valence-electron chi connectivity index (χ2n) is 15.6. The van der Waals surface area contributed by atoms with Gasteiger partial charge in [-0.3, -0.25) is 9.59 Å². The molecule has 1 fully saturated rings. The van der Waals surface area contributed by atoms with Crippen LogP contribution in [-0.4, -0.2) is 83.2 Å². The molecule has 0 aromatic heterocycles. The first kappa shape index (κ1) is 47.9. The third kappa shape index (κ3) is 26.3. The highest BCUT2D eigenvalue weighted by atomic mass is 16.5. The van der Waals surface area contributed by atoms with E-state index in [0.29, 0.717) is 45.7 Å². The molecule has 0 aromatic carbocycles. The number of carbonyl (C=O) groups excluding carboxylic acids is 2. The van der Waals surface area contributed by atoms with Gasteiger partial charge in [-0.1, -0.05) is 116 Å². The molecule has 298 valence electrons. The summed E-state index contributed by atoms with van der Waals surface area (Å²) in [4.78, 5) is 24.7. The van der Waals surface area contributed by atoms with Gasteiger partial charge in [-0.25, -0.2) is 0 Å². The van der Waals surface area contributed by atoms with Crippen molar-refractivity contribution in [3.63, 3.8) is 0 Å². The quantitative estimate of drug-likeness (QED) is 0.0420. The van der Waals surface area contributed by atoms with Crippen molar-refractivity contribution < 1.29 is 33.3 Å². The number of hydrogen-bond donors (Lipinski definition) is 1. The largest absolute Gasteiger partial charge is 0.453 e. The first-order valence-corrected chi connectivity index (χ1v) is 21.3. The highest BCUT2D eigenvalue weighted by molar-refractivity contribution is 6.08. The van der Waals surface area contributed by atoms with E-state index >= 15 is 0 Å². The van der Waals surface area contributed by atoms with Crippen molar-refractivity contribution in [2.24, 2.45) is 11.8 Å². The van der Waals surface area contributed by atoms with Gasteiger partial charge in [-0.05, 0) is 53.9 Å². The minimum absolute atomic E-state index is 0.0118. The summed E-state index contributed by atoms with van der Waals surface area (Å²) in [6, 6.07) is 0. The molecule has 2 unspecified atom stereocenters. The molecule has 0 spiro atoms. The zero-order valence-corrected chi connectivity index (χ0v) is 34.1. The minimum atomic E-state index is -0.759. The van der Waals surface area contributed by atoms with Crippen molar-refractivity contribution in [2.45, 2.75) is 213 Å². The molecule has 2 radical (unpaired) electrons. The summed E-state index contributed by atoms with van der Waals surface area (Å²) in [5.74, 6) is -0.218. The van der Waals surface area contributed by atoms with Crippen LogP contribution in [0.25, 0.3) is 0 Å². The highest BCUT2D eigenvalue weighted by Crippen LogP contribution is 2.28. The molecule has 1 aliphatic rings. The molecule has 51 heavy (non-hydrogen) atoms. The van der Waals surface area contributed by atoms with Crippen LogP contribution >= 0.6 is 0 Å². The number of esters is 1. The number of nitrogens with one attached hydrogen (secondary N) is 1. The first-order chi connectivity index (χ1) is 24.7. The lowest BCUT2D eigenvalue weighted by atomic mass is 9.83. The number of carbonyl (C=O) groups is 2. The van der Waals surface area contributed by atoms with E-state index in [2.05, 4.69) is 26.1 Å². The Morgan fingerprint density at radius 3 is 1.82 bits per heavy atom. The van der Waals surface area contributed by atoms with E-state index in [1.807, 2.05) is 13.8 Å². The molecule has 5 atom stereocenters. The standard InChI is InChI=1S/C42H80BNO7/c1-7-8-9-10-11-12-13-14-15-16-17-18-19-20-23-26-41(45)51-36(6)42(46)44-27-24-21-22-25-28-48-39-29-40(50-35(4)5)38(33-49-34(2)3)32-47-31-37(39)30-43/h34-40H,7-33H2,1-6H3,(H,44,46)/t36?,37-,38-,39+,40?/m1/s1. The zero-order valence-electron chi connectivity index (χ0n) is 34.1. The van der Waals surface area contributed by atoms with Gasteiger partial charge in [0, 0.05) is 37.8 Å². The normalized spacial score (nSPS) is 20.3. The molecule has 1 aliphatic heterocycles. The molecular formula is C42H80BNO7. The summed E-state index contributed by atoms with van der Waals surface area (Å²) in [6.45, 7) is 15.2. The smallest absolute Gasteiger partial charge is 0.306 e. The van der Waals surface area contributed by atoms with Crippen LogP contribution in [0.4, 0.5) is 0 Å². The Balaban J connectivity index is 2.12. The van der Waals surface area contributed by atoms with E-state index in [0.717, 1.165) is 44.9 Å². The van der Waals surface area contributed by atoms with Gasteiger partial charge in [0.15, 0.2) is 6.10 Å². The Kier molecular flexibility index (Phi) is 30.3. The Hall–Kier alpha value is -1.16. The fourth-order valence-electron chi connectivity index (χ4n) is 6.73. The molecule has 0 aliphatic carbocycles. The van der Waals surface area contributed by atoms with Crippen LogP contribution < -0.4 is 5.32 Å². The predicted octanol–water partition coefficient (Wildman–Crippen LogP) is 9.70. The lowest BCUT2D eigenvalue weighted by Crippen LogP contribution is -2.43. The number of ether oxygens (including phenoxy) is 5. The Morgan fingerprint density at radius 2 is 1.25 bits per heavy atom. The van der Waals surface area contributed by atoms with Gasteiger partial charge in [-0.2, -0.15) is 0 Å². The Bertz CT molecular complexity index is 829. The third-order valence-corrected chi connectivity index (χ3v) is 9.94. The molecule has 0 aromatic rings. The van der Waals surface area contributed by atoms with Crippen molar-refractivity contribution in [3.05, 3.63) is 0 Å². The number of unbranched alkanes of at least 4 members (excludes halogenated alkanes) is 17. The SMILES string of the molecule is [B]C[C@@H]1COC[C@H](COC(C)C)C(OC(C)C)C[C@@H]1OCCCCCCNC(=O)C(C)OC(=O)CCCCCCCCCCCCCCCCC. The monoisotopic (exact) mass is 722 g/mol. The van der Waals surface area contributed by atoms with Crippen molar-refractivity contribution >= 4 is 19.7 Å². The molecule has 1 saturated heterocycles. The molecule has 1 rings (SSSR count). The van der Waals surface area contributed by atoms with E-state index in [1.54, 1.807) is 6.92 Å². The predicted molar refractivity (Wildman–Crippen MR) is 210 cm³/mol. The molecule has 1 heterocycles. The summed E-state index contributed by atoms with van der Waals surface area (Å²) in [5, 5.41) is 2.92. The van der Waals surface area contributed by atoms with Crippen LogP contribution in [0.5, 0.6) is 0 Å². The van der Waals surface area contributed by atoms with Crippen molar-refractivity contribution in [1.82, 2.24) is 5.32 Å². The van der Waals surface area contributed by atoms with Gasteiger partial charge in [0.25, 0.3) is 5.91 Å². The second kappa shape index (κ2) is 32.3. The van der Waals surface area contributed by atoms with Gasteiger partial charge >= 0.3 is 5.97 Å². The topological polar surface area (TPSA) is 92.3 Å². The average molecular weight is 722 g/mol. The third-order valence-electron chi connectivity index (χ3n) is 9.94. The fraction of sp³-hybridized carbons (Fsp3) is 0.952. The van der Waals surface area contributed by atoms with Crippen LogP contribution in [0.3, 0.4) is 0 Å². The molecule has 9 heteroatoms. The van der Waals surface area contributed by atoms with Gasteiger partial charge in [0.2, 0.25) is 0 Å². The van der Waals surface area contributed by atoms with Crippen LogP contribution in [0, 0.1) is 11.8 Å². The molecule has 0 saturated carbocycles. The molecular weight excluding hydrogens is 641 g/mol. The van der Waals surface area contributed by atoms with Crippen molar-refractivity contribution in [3.8, 4) is 0 Å². The van der Waals surface area contributed by atoms with E-state index in [1.165, 1.54) is 83.5 Å². The van der Waals surface area contributed by atoms with E-state index < -0.39 is 6.10 Å². The molecule has 1 amide bonds. The summed E-state index contributed by atoms with van der Waals surface area (Å²) in [5.41, 5.74) is 0. The molecule has 0 bridgehead atoms. The van der Waals surface area contributed by atoms with Gasteiger partial charge in [0.05, 0.1) is 52.1 Å². The molecule has 1 N–H and O–H groups in total. The van der Waals surface area contributed by atoms with Gasteiger partial charge < -0.3 is 29.0 Å². The zero-order chi connectivity index (χ0) is 37.5. The van der Waals surface area contributed by atoms with Crippen molar-refractivity contribution in [2.75, 3.05) is 33.0 Å². The maximum absolute atomic E-state index is 12.5. The lowest BCUT2D eigenvalue weighted by molar-refractivity contribution is -0.154. The summed E-state index contributed by atoms with van der Waals surface area (Å²) < 4.78 is 30.1. The Morgan fingerprint density at radius 1 is 0.706 bits per heavy atom. The number of hydrogen-bond acceptors (Lipinski definition) is 7. The van der Waals surface area contributed by atoms with Crippen LogP contribution in [0.2, 0.25) is 6.32 Å². The van der Waals surface area contributed by atoms with Gasteiger partial charge in [-0.15, -0.1) is 0 Å². The van der Waals surface area contributed by atoms with E-state index in [9.17, 15) is 9.59 Å². The van der Waals surface area contributed by atoms with Crippen LogP contribution in [0.15, 0.2) is 0 Å². The maximum atomic E-state index is 12.5. The maximum Gasteiger partial charge on any atom is 0.306 e. The Labute approximate surface area is 315 Å². The summed E-state index contributed by atoms with van der Waals surface area (Å²) >= 11 is 0. The minimum Gasteiger partial charge on any atom is -0.453 e. The highest BCUT2D eigenvalue weighted by Gasteiger charge is 2.33. The number of amides is 1. The first-order valence-electron chi connectivity index (χ1n) is 21.3. The number of rotatable bonds is 32. The summed E-state index contributed by atoms with van der Waals surface area (Å²) in [7, 11) is 6.13. The van der Waals surface area contributed by atoms with Crippen LogP contribution in [-0.2, 0) is 33.3 Å². The van der Waals surface area contributed by atoms with Gasteiger partial charge in [0.1, 0.15) is 0 Å². The van der Waals surface area contributed by atoms with E-state index in [-0.39, 0.29) is 48.1 Å². The lowest BCUT2D eigenvalue weighted by Gasteiger charge is -2.37. The average Bonchev–Trinajstić information content (AvgIpc) is 3.08. The summed E-state index contributed by atoms with van der Waals surface area (Å²) in [6.07, 6.45) is 24.3. The van der Waals surface area contributed by atoms with Crippen molar-refractivity contribution in [1.29, 1.82) is 0 Å². The second-order valence-corrected chi connectivity index (χ2v) is 15.6. The fourth-order valence-corrected chi connectivity index (χ4v) is 6.73. The molecule has 8 nitrogen and oxygen atoms in total. The van der Waals surface area contributed by atoms with Crippen LogP contribution in [0.1, 0.15) is 176 Å².